The van der Waals surface area contributed by atoms with E-state index in [4.69, 9.17) is 0 Å². The predicted octanol–water partition coefficient (Wildman–Crippen LogP) is 0.808. The summed E-state index contributed by atoms with van der Waals surface area (Å²) in [6.45, 7) is 0. The molecule has 0 aliphatic carbocycles. The summed E-state index contributed by atoms with van der Waals surface area (Å²) in [5.74, 6) is 0. The summed E-state index contributed by atoms with van der Waals surface area (Å²) in [6, 6.07) is 13.1. The molecule has 0 aromatic heterocycles. The van der Waals surface area contributed by atoms with Gasteiger partial charge in [-0.2, -0.15) is 0 Å². The molecule has 1 heteroatoms. The zero-order valence-electron chi connectivity index (χ0n) is 5.87. The van der Waals surface area contributed by atoms with Crippen molar-refractivity contribution in [1.29, 1.82) is 0 Å². The number of hydrogen-bond donors (Lipinski definition) is 0. The van der Waals surface area contributed by atoms with Crippen LogP contribution in [0.3, 0.4) is 0 Å². The molecule has 52 valence electrons. The molecule has 0 saturated carbocycles. The molecule has 0 saturated heterocycles. The first-order valence-corrected chi connectivity index (χ1v) is 5.36. The van der Waals surface area contributed by atoms with E-state index in [9.17, 15) is 0 Å². The van der Waals surface area contributed by atoms with Gasteiger partial charge in [0.2, 0.25) is 0 Å². The average molecular weight is 205 g/mol. The van der Waals surface area contributed by atoms with Crippen molar-refractivity contribution in [3.8, 4) is 0 Å². The van der Waals surface area contributed by atoms with E-state index in [-0.39, 0.29) is 0 Å². The van der Waals surface area contributed by atoms with Gasteiger partial charge in [0.25, 0.3) is 0 Å². The third-order valence-corrected chi connectivity index (χ3v) is 4.11. The Morgan fingerprint density at radius 2 is 1.82 bits per heavy atom. The first kappa shape index (κ1) is 5.82. The Morgan fingerprint density at radius 3 is 2.82 bits per heavy atom. The summed E-state index contributed by atoms with van der Waals surface area (Å²) >= 11 is 0.711. The van der Waals surface area contributed by atoms with Crippen molar-refractivity contribution in [2.45, 2.75) is 0 Å². The van der Waals surface area contributed by atoms with Crippen molar-refractivity contribution in [2.75, 3.05) is 0 Å². The van der Waals surface area contributed by atoms with Gasteiger partial charge in [-0.3, -0.25) is 0 Å². The number of rotatable bonds is 0. The normalized spacial score (nSPS) is 13.1. The standard InChI is InChI=1S/C10H6Se/c1-2-4-8-7(3-1)5-6-9-10(8)11-9/h1-6H. The summed E-state index contributed by atoms with van der Waals surface area (Å²) in [5, 5.41) is 2.87. The van der Waals surface area contributed by atoms with Crippen molar-refractivity contribution in [3.63, 3.8) is 0 Å². The van der Waals surface area contributed by atoms with Crippen molar-refractivity contribution in [3.05, 3.63) is 36.4 Å². The second-order valence-electron chi connectivity index (χ2n) is 2.72. The molecule has 3 rings (SSSR count). The first-order valence-electron chi connectivity index (χ1n) is 3.65. The van der Waals surface area contributed by atoms with E-state index in [1.165, 1.54) is 10.8 Å². The van der Waals surface area contributed by atoms with Crippen molar-refractivity contribution < 1.29 is 0 Å². The van der Waals surface area contributed by atoms with Crippen LogP contribution in [-0.4, -0.2) is 15.0 Å². The van der Waals surface area contributed by atoms with Gasteiger partial charge in [-0.05, 0) is 0 Å². The average Bonchev–Trinajstić information content (AvgIpc) is 2.83. The maximum atomic E-state index is 2.26. The SMILES string of the molecule is c1ccc2c3c(ccc2c1)[Se]3. The molecule has 1 aliphatic heterocycles. The Morgan fingerprint density at radius 1 is 0.909 bits per heavy atom. The van der Waals surface area contributed by atoms with Gasteiger partial charge in [0.1, 0.15) is 0 Å². The van der Waals surface area contributed by atoms with Gasteiger partial charge in [0, 0.05) is 0 Å². The minimum absolute atomic E-state index is 0.711. The van der Waals surface area contributed by atoms with Crippen LogP contribution >= 0.6 is 0 Å². The second-order valence-corrected chi connectivity index (χ2v) is 4.92. The molecular formula is C10H6Se. The Hall–Kier alpha value is -0.781. The van der Waals surface area contributed by atoms with E-state index in [1.54, 1.807) is 8.92 Å². The zero-order valence-corrected chi connectivity index (χ0v) is 7.59. The molecule has 0 atom stereocenters. The summed E-state index contributed by atoms with van der Waals surface area (Å²) in [4.78, 5) is 0. The molecule has 2 aromatic rings. The van der Waals surface area contributed by atoms with E-state index in [2.05, 4.69) is 36.4 Å². The van der Waals surface area contributed by atoms with Gasteiger partial charge in [0.05, 0.1) is 0 Å². The van der Waals surface area contributed by atoms with Gasteiger partial charge in [-0.1, -0.05) is 0 Å². The minimum atomic E-state index is 0.711. The topological polar surface area (TPSA) is 0 Å². The van der Waals surface area contributed by atoms with Crippen LogP contribution in [0.1, 0.15) is 0 Å². The summed E-state index contributed by atoms with van der Waals surface area (Å²) in [6.07, 6.45) is 0. The molecule has 2 aromatic carbocycles. The van der Waals surface area contributed by atoms with E-state index in [0.29, 0.717) is 15.0 Å². The Bertz CT molecular complexity index is 432. The Kier molecular flexibility index (Phi) is 0.992. The molecule has 0 N–H and O–H groups in total. The fourth-order valence-electron chi connectivity index (χ4n) is 1.40. The fraction of sp³-hybridized carbons (Fsp3) is 0. The summed E-state index contributed by atoms with van der Waals surface area (Å²) in [7, 11) is 0. The number of fused-ring (bicyclic) bond motifs is 3. The van der Waals surface area contributed by atoms with Gasteiger partial charge in [-0.25, -0.2) is 0 Å². The predicted molar refractivity (Wildman–Crippen MR) is 49.0 cm³/mol. The van der Waals surface area contributed by atoms with Crippen LogP contribution in [0.2, 0.25) is 0 Å². The Balaban J connectivity index is 2.56. The van der Waals surface area contributed by atoms with Crippen LogP contribution in [0.5, 0.6) is 0 Å². The third-order valence-electron chi connectivity index (χ3n) is 2.01. The van der Waals surface area contributed by atoms with Crippen LogP contribution in [0.4, 0.5) is 0 Å². The molecule has 0 spiro atoms. The van der Waals surface area contributed by atoms with Crippen LogP contribution in [0.15, 0.2) is 36.4 Å². The van der Waals surface area contributed by atoms with Gasteiger partial charge >= 0.3 is 71.1 Å². The molecule has 1 aliphatic rings. The fourth-order valence-corrected chi connectivity index (χ4v) is 3.03. The second kappa shape index (κ2) is 1.88. The molecule has 0 fully saturated rings. The summed E-state index contributed by atoms with van der Waals surface area (Å²) < 4.78 is 3.21. The van der Waals surface area contributed by atoms with Gasteiger partial charge < -0.3 is 0 Å². The van der Waals surface area contributed by atoms with E-state index < -0.39 is 0 Å². The third kappa shape index (κ3) is 0.756. The molecule has 0 amide bonds. The van der Waals surface area contributed by atoms with Crippen LogP contribution < -0.4 is 8.92 Å². The van der Waals surface area contributed by atoms with Crippen LogP contribution in [0.25, 0.3) is 10.8 Å². The molecular weight excluding hydrogens is 199 g/mol. The Labute approximate surface area is 71.4 Å². The molecule has 1 heterocycles. The molecule has 0 unspecified atom stereocenters. The number of benzene rings is 2. The number of hydrogen-bond acceptors (Lipinski definition) is 0. The van der Waals surface area contributed by atoms with E-state index in [0.717, 1.165) is 0 Å². The van der Waals surface area contributed by atoms with E-state index in [1.807, 2.05) is 0 Å². The quantitative estimate of drug-likeness (QED) is 0.476. The van der Waals surface area contributed by atoms with Crippen molar-refractivity contribution in [2.24, 2.45) is 0 Å². The van der Waals surface area contributed by atoms with Crippen LogP contribution in [-0.2, 0) is 0 Å². The summed E-state index contributed by atoms with van der Waals surface area (Å²) in [5.41, 5.74) is 0. The molecule has 0 bridgehead atoms. The van der Waals surface area contributed by atoms with Crippen LogP contribution in [0, 0.1) is 0 Å². The zero-order chi connectivity index (χ0) is 7.26. The maximum absolute atomic E-state index is 2.26. The van der Waals surface area contributed by atoms with E-state index >= 15 is 0 Å². The molecule has 0 nitrogen and oxygen atoms in total. The molecule has 11 heavy (non-hydrogen) atoms. The monoisotopic (exact) mass is 206 g/mol. The molecule has 0 radical (unpaired) electrons. The van der Waals surface area contributed by atoms with Gasteiger partial charge in [-0.15, -0.1) is 0 Å². The first-order chi connectivity index (χ1) is 5.45. The van der Waals surface area contributed by atoms with Crippen molar-refractivity contribution >= 4 is 34.7 Å². The van der Waals surface area contributed by atoms with Gasteiger partial charge in [0.15, 0.2) is 0 Å². The van der Waals surface area contributed by atoms with Crippen molar-refractivity contribution in [1.82, 2.24) is 0 Å².